The number of hydrogen-bond acceptors (Lipinski definition) is 6. The predicted octanol–water partition coefficient (Wildman–Crippen LogP) is 3.09. The number of fused-ring (bicyclic) bond motifs is 1. The van der Waals surface area contributed by atoms with E-state index in [4.69, 9.17) is 14.2 Å². The molecule has 0 bridgehead atoms. The molecule has 1 unspecified atom stereocenters. The number of carbonyl (C=O) groups excluding carboxylic acids is 1. The quantitative estimate of drug-likeness (QED) is 0.500. The van der Waals surface area contributed by atoms with Gasteiger partial charge in [-0.15, -0.1) is 0 Å². The van der Waals surface area contributed by atoms with Crippen molar-refractivity contribution >= 4 is 11.9 Å². The van der Waals surface area contributed by atoms with E-state index in [1.54, 1.807) is 19.2 Å². The van der Waals surface area contributed by atoms with E-state index in [1.807, 2.05) is 30.3 Å². The molecule has 8 heteroatoms. The zero-order valence-electron chi connectivity index (χ0n) is 18.9. The zero-order valence-corrected chi connectivity index (χ0v) is 18.9. The monoisotopic (exact) mass is 454 g/mol. The Balaban J connectivity index is 1.67. The van der Waals surface area contributed by atoms with E-state index in [1.165, 1.54) is 0 Å². The lowest BCUT2D eigenvalue weighted by Crippen LogP contribution is -2.38. The minimum Gasteiger partial charge on any atom is -0.497 e. The van der Waals surface area contributed by atoms with Gasteiger partial charge in [-0.05, 0) is 41.8 Å². The SMILES string of the molecule is CCCCNC(=O)C(c1ccc2c(c1)OCO2)[C@@H]1CN[C@@H](c2ccc(OC)cc2)[C@@H]1C(=O)O. The highest BCUT2D eigenvalue weighted by atomic mass is 16.7. The summed E-state index contributed by atoms with van der Waals surface area (Å²) in [5.41, 5.74) is 1.57. The number of aliphatic carboxylic acids is 1. The molecule has 8 nitrogen and oxygen atoms in total. The molecule has 2 aliphatic rings. The number of rotatable bonds is 9. The van der Waals surface area contributed by atoms with Gasteiger partial charge in [-0.2, -0.15) is 0 Å². The Labute approximate surface area is 193 Å². The van der Waals surface area contributed by atoms with Crippen molar-refractivity contribution in [3.05, 3.63) is 53.6 Å². The van der Waals surface area contributed by atoms with Crippen LogP contribution in [0.2, 0.25) is 0 Å². The van der Waals surface area contributed by atoms with Crippen LogP contribution >= 0.6 is 0 Å². The molecule has 2 heterocycles. The highest BCUT2D eigenvalue weighted by molar-refractivity contribution is 5.86. The molecule has 1 amide bonds. The van der Waals surface area contributed by atoms with Crippen molar-refractivity contribution in [3.63, 3.8) is 0 Å². The van der Waals surface area contributed by atoms with Gasteiger partial charge in [0.15, 0.2) is 11.5 Å². The van der Waals surface area contributed by atoms with Crippen LogP contribution in [0.1, 0.15) is 42.9 Å². The number of unbranched alkanes of at least 4 members (excludes halogenated alkanes) is 1. The first-order chi connectivity index (χ1) is 16.0. The van der Waals surface area contributed by atoms with Gasteiger partial charge < -0.3 is 30.0 Å². The number of hydrogen-bond donors (Lipinski definition) is 3. The molecular weight excluding hydrogens is 424 g/mol. The van der Waals surface area contributed by atoms with Crippen LogP contribution in [-0.2, 0) is 9.59 Å². The maximum Gasteiger partial charge on any atom is 0.308 e. The minimum atomic E-state index is -0.932. The fourth-order valence-electron chi connectivity index (χ4n) is 4.75. The van der Waals surface area contributed by atoms with Crippen LogP contribution < -0.4 is 24.8 Å². The summed E-state index contributed by atoms with van der Waals surface area (Å²) in [7, 11) is 1.59. The Morgan fingerprint density at radius 3 is 2.64 bits per heavy atom. The van der Waals surface area contributed by atoms with Crippen LogP contribution in [-0.4, -0.2) is 44.0 Å². The molecule has 4 atom stereocenters. The fourth-order valence-corrected chi connectivity index (χ4v) is 4.75. The average molecular weight is 455 g/mol. The minimum absolute atomic E-state index is 0.133. The third kappa shape index (κ3) is 4.75. The van der Waals surface area contributed by atoms with E-state index < -0.39 is 29.8 Å². The van der Waals surface area contributed by atoms with Crippen LogP contribution in [0.5, 0.6) is 17.2 Å². The second-order valence-corrected chi connectivity index (χ2v) is 8.42. The first kappa shape index (κ1) is 22.9. The van der Waals surface area contributed by atoms with Gasteiger partial charge in [-0.1, -0.05) is 31.5 Å². The standard InChI is InChI=1S/C25H30N2O6/c1-3-4-11-26-24(28)21(16-7-10-19-20(12-16)33-14-32-19)18-13-27-23(22(18)25(29)30)15-5-8-17(31-2)9-6-15/h5-10,12,18,21-23,27H,3-4,11,13-14H2,1-2H3,(H,26,28)(H,29,30)/t18-,21?,22+,23-/m0/s1. The summed E-state index contributed by atoms with van der Waals surface area (Å²) in [6.07, 6.45) is 1.82. The molecule has 2 aromatic rings. The second kappa shape index (κ2) is 10.1. The van der Waals surface area contributed by atoms with Gasteiger partial charge >= 0.3 is 5.97 Å². The van der Waals surface area contributed by atoms with Crippen LogP contribution in [0.4, 0.5) is 0 Å². The van der Waals surface area contributed by atoms with Crippen LogP contribution in [0.25, 0.3) is 0 Å². The molecule has 0 spiro atoms. The highest BCUT2D eigenvalue weighted by Gasteiger charge is 2.48. The van der Waals surface area contributed by atoms with Crippen molar-refractivity contribution in [3.8, 4) is 17.2 Å². The number of amides is 1. The topological polar surface area (TPSA) is 106 Å². The number of carbonyl (C=O) groups is 2. The number of carboxylic acid groups (broad SMARTS) is 1. The molecule has 176 valence electrons. The van der Waals surface area contributed by atoms with Crippen molar-refractivity contribution < 1.29 is 28.9 Å². The predicted molar refractivity (Wildman–Crippen MR) is 122 cm³/mol. The molecule has 3 N–H and O–H groups in total. The maximum atomic E-state index is 13.4. The summed E-state index contributed by atoms with van der Waals surface area (Å²) in [4.78, 5) is 25.9. The molecule has 0 saturated carbocycles. The molecule has 0 aromatic heterocycles. The highest BCUT2D eigenvalue weighted by Crippen LogP contribution is 2.44. The molecule has 2 aromatic carbocycles. The molecule has 2 aliphatic heterocycles. The largest absolute Gasteiger partial charge is 0.497 e. The van der Waals surface area contributed by atoms with Crippen molar-refractivity contribution in [2.75, 3.05) is 27.0 Å². The molecule has 0 aliphatic carbocycles. The lowest BCUT2D eigenvalue weighted by atomic mass is 9.76. The third-order valence-electron chi connectivity index (χ3n) is 6.45. The Bertz CT molecular complexity index is 993. The first-order valence-corrected chi connectivity index (χ1v) is 11.3. The summed E-state index contributed by atoms with van der Waals surface area (Å²) in [6, 6.07) is 12.4. The van der Waals surface area contributed by atoms with Crippen LogP contribution in [0, 0.1) is 11.8 Å². The number of carboxylic acids is 1. The van der Waals surface area contributed by atoms with E-state index >= 15 is 0 Å². The van der Waals surface area contributed by atoms with Crippen molar-refractivity contribution in [1.29, 1.82) is 0 Å². The summed E-state index contributed by atoms with van der Waals surface area (Å²) in [5.74, 6) is -1.08. The van der Waals surface area contributed by atoms with Crippen LogP contribution in [0.3, 0.4) is 0 Å². The summed E-state index contributed by atoms with van der Waals surface area (Å²) >= 11 is 0. The third-order valence-corrected chi connectivity index (χ3v) is 6.45. The Kier molecular flexibility index (Phi) is 7.03. The van der Waals surface area contributed by atoms with Gasteiger partial charge in [0, 0.05) is 25.0 Å². The lowest BCUT2D eigenvalue weighted by molar-refractivity contribution is -0.144. The number of methoxy groups -OCH3 is 1. The van der Waals surface area contributed by atoms with E-state index in [-0.39, 0.29) is 12.7 Å². The van der Waals surface area contributed by atoms with Gasteiger partial charge in [-0.25, -0.2) is 0 Å². The smallest absolute Gasteiger partial charge is 0.308 e. The van der Waals surface area contributed by atoms with E-state index in [2.05, 4.69) is 17.6 Å². The fraction of sp³-hybridized carbons (Fsp3) is 0.440. The van der Waals surface area contributed by atoms with Gasteiger partial charge in [0.1, 0.15) is 5.75 Å². The number of benzene rings is 2. The molecule has 1 fully saturated rings. The molecule has 1 saturated heterocycles. The van der Waals surface area contributed by atoms with E-state index in [0.29, 0.717) is 30.3 Å². The van der Waals surface area contributed by atoms with Crippen LogP contribution in [0.15, 0.2) is 42.5 Å². The van der Waals surface area contributed by atoms with Crippen molar-refractivity contribution in [1.82, 2.24) is 10.6 Å². The van der Waals surface area contributed by atoms with Gasteiger partial charge in [-0.3, -0.25) is 9.59 Å². The van der Waals surface area contributed by atoms with Gasteiger partial charge in [0.2, 0.25) is 12.7 Å². The molecule has 0 radical (unpaired) electrons. The first-order valence-electron chi connectivity index (χ1n) is 11.3. The van der Waals surface area contributed by atoms with Crippen molar-refractivity contribution in [2.45, 2.75) is 31.7 Å². The Morgan fingerprint density at radius 1 is 1.18 bits per heavy atom. The summed E-state index contributed by atoms with van der Waals surface area (Å²) in [5, 5.41) is 16.6. The average Bonchev–Trinajstić information content (AvgIpc) is 3.46. The van der Waals surface area contributed by atoms with E-state index in [9.17, 15) is 14.7 Å². The molecule has 33 heavy (non-hydrogen) atoms. The zero-order chi connectivity index (χ0) is 23.4. The lowest BCUT2D eigenvalue weighted by Gasteiger charge is -2.28. The molecule has 4 rings (SSSR count). The second-order valence-electron chi connectivity index (χ2n) is 8.42. The summed E-state index contributed by atoms with van der Waals surface area (Å²) in [6.45, 7) is 3.14. The maximum absolute atomic E-state index is 13.4. The number of nitrogens with one attached hydrogen (secondary N) is 2. The molecular formula is C25H30N2O6. The van der Waals surface area contributed by atoms with E-state index in [0.717, 1.165) is 24.0 Å². The normalized spacial score (nSPS) is 22.1. The van der Waals surface area contributed by atoms with Gasteiger partial charge in [0.25, 0.3) is 0 Å². The Morgan fingerprint density at radius 2 is 1.94 bits per heavy atom. The summed E-state index contributed by atoms with van der Waals surface area (Å²) < 4.78 is 16.2. The van der Waals surface area contributed by atoms with Crippen molar-refractivity contribution in [2.24, 2.45) is 11.8 Å². The Hall–Kier alpha value is -3.26. The number of ether oxygens (including phenoxy) is 3. The van der Waals surface area contributed by atoms with Gasteiger partial charge in [0.05, 0.1) is 18.9 Å².